The number of benzene rings is 3. The normalized spacial score (nSPS) is 10.4. The molecular weight excluding hydrogens is 310 g/mol. The number of hydrogen-bond acceptors (Lipinski definition) is 2. The molecule has 1 amide bonds. The lowest BCUT2D eigenvalue weighted by molar-refractivity contribution is -0.117. The fraction of sp³-hybridized carbons (Fsp3) is 0.136. The van der Waals surface area contributed by atoms with Gasteiger partial charge in [-0.2, -0.15) is 0 Å². The highest BCUT2D eigenvalue weighted by atomic mass is 16.5. The molecule has 3 aromatic rings. The van der Waals surface area contributed by atoms with Gasteiger partial charge < -0.3 is 10.5 Å². The smallest absolute Gasteiger partial charge is 0.217 e. The second-order valence-corrected chi connectivity index (χ2v) is 5.85. The van der Waals surface area contributed by atoms with E-state index in [4.69, 9.17) is 10.5 Å². The third-order valence-electron chi connectivity index (χ3n) is 3.98. The maximum Gasteiger partial charge on any atom is 0.217 e. The molecule has 0 bridgehead atoms. The summed E-state index contributed by atoms with van der Waals surface area (Å²) in [5.74, 6) is 0.518. The van der Waals surface area contributed by atoms with Crippen LogP contribution in [-0.2, 0) is 17.8 Å². The lowest BCUT2D eigenvalue weighted by atomic mass is 9.96. The van der Waals surface area contributed by atoms with E-state index in [1.807, 2.05) is 72.8 Å². The summed E-state index contributed by atoms with van der Waals surface area (Å²) in [5.41, 5.74) is 9.59. The molecule has 125 valence electrons. The molecule has 0 aliphatic rings. The molecule has 0 spiro atoms. The average Bonchev–Trinajstić information content (AvgIpc) is 2.66. The zero-order chi connectivity index (χ0) is 17.5. The molecule has 0 heterocycles. The molecule has 0 aliphatic carbocycles. The van der Waals surface area contributed by atoms with Gasteiger partial charge in [-0.15, -0.1) is 0 Å². The van der Waals surface area contributed by atoms with Gasteiger partial charge in [-0.1, -0.05) is 60.7 Å². The van der Waals surface area contributed by atoms with Crippen LogP contribution < -0.4 is 10.5 Å². The first-order chi connectivity index (χ1) is 12.2. The summed E-state index contributed by atoms with van der Waals surface area (Å²) in [5, 5.41) is 0. The van der Waals surface area contributed by atoms with Gasteiger partial charge in [-0.05, 0) is 46.9 Å². The molecule has 0 atom stereocenters. The Balaban J connectivity index is 1.78. The van der Waals surface area contributed by atoms with E-state index in [9.17, 15) is 4.79 Å². The average molecular weight is 330 g/mol. The van der Waals surface area contributed by atoms with Crippen LogP contribution in [-0.4, -0.2) is 5.91 Å². The van der Waals surface area contributed by atoms with Crippen LogP contribution in [0.1, 0.15) is 17.5 Å². The molecule has 0 saturated carbocycles. The van der Waals surface area contributed by atoms with E-state index < -0.39 is 0 Å². The largest absolute Gasteiger partial charge is 0.489 e. The molecule has 3 nitrogen and oxygen atoms in total. The van der Waals surface area contributed by atoms with Gasteiger partial charge in [0.2, 0.25) is 5.91 Å². The van der Waals surface area contributed by atoms with Crippen molar-refractivity contribution in [3.8, 4) is 16.9 Å². The van der Waals surface area contributed by atoms with Crippen LogP contribution in [0.4, 0.5) is 0 Å². The Morgan fingerprint density at radius 1 is 1.04 bits per heavy atom. The lowest BCUT2D eigenvalue weighted by Crippen LogP contribution is -2.11. The summed E-state index contributed by atoms with van der Waals surface area (Å²) in [7, 11) is 0. The maximum absolute atomic E-state index is 11.1. The summed E-state index contributed by atoms with van der Waals surface area (Å²) in [6.07, 6.45) is 0.937. The first-order valence-electron chi connectivity index (χ1n) is 8.27. The minimum absolute atomic E-state index is 0.297. The molecule has 3 rings (SSSR count). The van der Waals surface area contributed by atoms with Crippen LogP contribution in [0.3, 0.4) is 0 Å². The molecule has 3 heteroatoms. The first kappa shape index (κ1) is 16.8. The van der Waals surface area contributed by atoms with Gasteiger partial charge in [0.25, 0.3) is 0 Å². The molecular formula is C22H20NO2. The zero-order valence-electron chi connectivity index (χ0n) is 13.9. The number of ether oxygens (including phenoxy) is 1. The Morgan fingerprint density at radius 3 is 2.68 bits per heavy atom. The molecule has 25 heavy (non-hydrogen) atoms. The van der Waals surface area contributed by atoms with E-state index >= 15 is 0 Å². The van der Waals surface area contributed by atoms with E-state index in [0.717, 1.165) is 28.0 Å². The number of hydrogen-bond donors (Lipinski definition) is 1. The quantitative estimate of drug-likeness (QED) is 0.707. The molecule has 1 radical (unpaired) electrons. The zero-order valence-corrected chi connectivity index (χ0v) is 13.9. The number of carbonyl (C=O) groups is 1. The Hall–Kier alpha value is -3.07. The van der Waals surface area contributed by atoms with E-state index in [2.05, 4.69) is 6.07 Å². The summed E-state index contributed by atoms with van der Waals surface area (Å²) >= 11 is 0. The van der Waals surface area contributed by atoms with Gasteiger partial charge >= 0.3 is 0 Å². The van der Waals surface area contributed by atoms with Crippen LogP contribution in [0, 0.1) is 6.07 Å². The summed E-state index contributed by atoms with van der Waals surface area (Å²) in [6.45, 7) is 0.529. The SMILES string of the molecule is NC(=O)CCc1c[c]ccc1-c1cccc(OCc2ccccc2)c1. The maximum atomic E-state index is 11.1. The third kappa shape index (κ3) is 4.70. The van der Waals surface area contributed by atoms with Crippen molar-refractivity contribution in [1.29, 1.82) is 0 Å². The number of primary amides is 1. The minimum Gasteiger partial charge on any atom is -0.489 e. The standard InChI is InChI=1S/C22H20NO2/c23-22(24)14-13-18-9-4-5-12-21(18)19-10-6-11-20(15-19)25-16-17-7-2-1-3-8-17/h1-3,5-12,15H,13-14,16H2,(H2,23,24). The number of carbonyl (C=O) groups excluding carboxylic acids is 1. The Morgan fingerprint density at radius 2 is 1.88 bits per heavy atom. The Kier molecular flexibility index (Phi) is 5.47. The first-order valence-corrected chi connectivity index (χ1v) is 8.27. The molecule has 0 fully saturated rings. The van der Waals surface area contributed by atoms with Crippen molar-refractivity contribution in [3.05, 3.63) is 90.0 Å². The van der Waals surface area contributed by atoms with Gasteiger partial charge in [0, 0.05) is 6.42 Å². The van der Waals surface area contributed by atoms with Crippen LogP contribution in [0.5, 0.6) is 5.75 Å². The van der Waals surface area contributed by atoms with Crippen LogP contribution in [0.15, 0.2) is 72.8 Å². The second-order valence-electron chi connectivity index (χ2n) is 5.85. The number of rotatable bonds is 7. The topological polar surface area (TPSA) is 52.3 Å². The van der Waals surface area contributed by atoms with Crippen molar-refractivity contribution in [2.45, 2.75) is 19.4 Å². The third-order valence-corrected chi connectivity index (χ3v) is 3.98. The van der Waals surface area contributed by atoms with Gasteiger partial charge in [-0.25, -0.2) is 0 Å². The summed E-state index contributed by atoms with van der Waals surface area (Å²) in [4.78, 5) is 11.1. The predicted octanol–water partition coefficient (Wildman–Crippen LogP) is 4.15. The van der Waals surface area contributed by atoms with Gasteiger partial charge in [0.15, 0.2) is 0 Å². The van der Waals surface area contributed by atoms with Crippen molar-refractivity contribution in [1.82, 2.24) is 0 Å². The Bertz CT molecular complexity index is 843. The van der Waals surface area contributed by atoms with Crippen LogP contribution in [0.2, 0.25) is 0 Å². The highest BCUT2D eigenvalue weighted by molar-refractivity contribution is 5.75. The molecule has 2 N–H and O–H groups in total. The Labute approximate surface area is 148 Å². The van der Waals surface area contributed by atoms with Crippen molar-refractivity contribution in [2.24, 2.45) is 5.73 Å². The number of amides is 1. The number of aryl methyl sites for hydroxylation is 1. The van der Waals surface area contributed by atoms with Crippen molar-refractivity contribution in [2.75, 3.05) is 0 Å². The molecule has 0 saturated heterocycles. The molecule has 0 unspecified atom stereocenters. The van der Waals surface area contributed by atoms with E-state index in [0.29, 0.717) is 19.4 Å². The fourth-order valence-corrected chi connectivity index (χ4v) is 2.71. The highest BCUT2D eigenvalue weighted by Crippen LogP contribution is 2.28. The van der Waals surface area contributed by atoms with E-state index in [1.165, 1.54) is 0 Å². The summed E-state index contributed by atoms with van der Waals surface area (Å²) in [6, 6.07) is 26.9. The van der Waals surface area contributed by atoms with E-state index in [1.54, 1.807) is 0 Å². The van der Waals surface area contributed by atoms with Gasteiger partial charge in [-0.3, -0.25) is 4.79 Å². The molecule has 0 aromatic heterocycles. The minimum atomic E-state index is -0.297. The van der Waals surface area contributed by atoms with Gasteiger partial charge in [0.1, 0.15) is 12.4 Å². The van der Waals surface area contributed by atoms with Crippen LogP contribution in [0.25, 0.3) is 11.1 Å². The van der Waals surface area contributed by atoms with Crippen LogP contribution >= 0.6 is 0 Å². The lowest BCUT2D eigenvalue weighted by Gasteiger charge is -2.11. The fourth-order valence-electron chi connectivity index (χ4n) is 2.71. The van der Waals surface area contributed by atoms with Gasteiger partial charge in [0.05, 0.1) is 0 Å². The number of nitrogens with two attached hydrogens (primary N) is 1. The van der Waals surface area contributed by atoms with Crippen molar-refractivity contribution < 1.29 is 9.53 Å². The summed E-state index contributed by atoms with van der Waals surface area (Å²) < 4.78 is 5.91. The van der Waals surface area contributed by atoms with Crippen molar-refractivity contribution >= 4 is 5.91 Å². The highest BCUT2D eigenvalue weighted by Gasteiger charge is 2.07. The monoisotopic (exact) mass is 330 g/mol. The van der Waals surface area contributed by atoms with E-state index in [-0.39, 0.29) is 5.91 Å². The molecule has 3 aromatic carbocycles. The second kappa shape index (κ2) is 8.15. The predicted molar refractivity (Wildman–Crippen MR) is 99.0 cm³/mol. The molecule has 0 aliphatic heterocycles. The van der Waals surface area contributed by atoms with Crippen molar-refractivity contribution in [3.63, 3.8) is 0 Å².